The first-order chi connectivity index (χ1) is 7.59. The standard InChI is InChI=1S/C11H12O3.C2H6/c1-8(12)6-9-4-2-3-5-10(9)7-11(13)14;1-2/h2-5H,6-7H2,1H3,(H,13,14);1-2H3. The van der Waals surface area contributed by atoms with Gasteiger partial charge < -0.3 is 5.11 Å². The molecule has 0 aliphatic rings. The van der Waals surface area contributed by atoms with Crippen LogP contribution < -0.4 is 0 Å². The molecular weight excluding hydrogens is 204 g/mol. The quantitative estimate of drug-likeness (QED) is 0.851. The molecule has 0 radical (unpaired) electrons. The SMILES string of the molecule is CC.CC(=O)Cc1ccccc1CC(=O)O. The van der Waals surface area contributed by atoms with E-state index < -0.39 is 5.97 Å². The van der Waals surface area contributed by atoms with Crippen molar-refractivity contribution in [2.75, 3.05) is 0 Å². The van der Waals surface area contributed by atoms with Crippen molar-refractivity contribution in [2.45, 2.75) is 33.6 Å². The molecule has 1 N–H and O–H groups in total. The third kappa shape index (κ3) is 5.29. The normalized spacial score (nSPS) is 8.94. The molecule has 0 saturated carbocycles. The van der Waals surface area contributed by atoms with Crippen LogP contribution in [0.2, 0.25) is 0 Å². The highest BCUT2D eigenvalue weighted by Crippen LogP contribution is 2.10. The molecule has 0 fully saturated rings. The molecule has 0 bridgehead atoms. The number of carbonyl (C=O) groups excluding carboxylic acids is 1. The molecule has 0 unspecified atom stereocenters. The maximum absolute atomic E-state index is 10.9. The zero-order valence-electron chi connectivity index (χ0n) is 9.99. The number of ketones is 1. The molecule has 16 heavy (non-hydrogen) atoms. The molecule has 3 nitrogen and oxygen atoms in total. The van der Waals surface area contributed by atoms with Crippen molar-refractivity contribution in [3.63, 3.8) is 0 Å². The van der Waals surface area contributed by atoms with Gasteiger partial charge >= 0.3 is 5.97 Å². The van der Waals surface area contributed by atoms with E-state index in [0.717, 1.165) is 11.1 Å². The van der Waals surface area contributed by atoms with E-state index in [9.17, 15) is 9.59 Å². The summed E-state index contributed by atoms with van der Waals surface area (Å²) in [6, 6.07) is 7.12. The molecule has 3 heteroatoms. The van der Waals surface area contributed by atoms with Crippen LogP contribution >= 0.6 is 0 Å². The van der Waals surface area contributed by atoms with Gasteiger partial charge in [-0.2, -0.15) is 0 Å². The molecule has 0 spiro atoms. The molecule has 0 amide bonds. The molecule has 88 valence electrons. The predicted octanol–water partition coefficient (Wildman–Crippen LogP) is 2.47. The molecule has 1 aromatic rings. The molecule has 0 aliphatic heterocycles. The van der Waals surface area contributed by atoms with E-state index in [-0.39, 0.29) is 12.2 Å². The first-order valence-corrected chi connectivity index (χ1v) is 5.37. The van der Waals surface area contributed by atoms with Crippen LogP contribution in [0.1, 0.15) is 31.9 Å². The minimum Gasteiger partial charge on any atom is -0.481 e. The van der Waals surface area contributed by atoms with Crippen molar-refractivity contribution in [3.8, 4) is 0 Å². The molecular formula is C13H18O3. The smallest absolute Gasteiger partial charge is 0.307 e. The zero-order valence-corrected chi connectivity index (χ0v) is 9.99. The van der Waals surface area contributed by atoms with Crippen molar-refractivity contribution in [3.05, 3.63) is 35.4 Å². The molecule has 0 aliphatic carbocycles. The van der Waals surface area contributed by atoms with E-state index in [1.807, 2.05) is 19.9 Å². The highest BCUT2D eigenvalue weighted by atomic mass is 16.4. The molecule has 0 saturated heterocycles. The van der Waals surface area contributed by atoms with Crippen LogP contribution in [0, 0.1) is 0 Å². The van der Waals surface area contributed by atoms with E-state index in [4.69, 9.17) is 5.11 Å². The molecule has 1 aromatic carbocycles. The summed E-state index contributed by atoms with van der Waals surface area (Å²) in [5, 5.41) is 8.64. The number of Topliss-reactive ketones (excluding diaryl/α,β-unsaturated/α-hetero) is 1. The second kappa shape index (κ2) is 7.63. The third-order valence-electron chi connectivity index (χ3n) is 1.90. The maximum Gasteiger partial charge on any atom is 0.307 e. The van der Waals surface area contributed by atoms with Crippen molar-refractivity contribution >= 4 is 11.8 Å². The summed E-state index contributed by atoms with van der Waals surface area (Å²) in [6.45, 7) is 5.50. The lowest BCUT2D eigenvalue weighted by atomic mass is 10.0. The summed E-state index contributed by atoms with van der Waals surface area (Å²) < 4.78 is 0. The fourth-order valence-corrected chi connectivity index (χ4v) is 1.33. The lowest BCUT2D eigenvalue weighted by molar-refractivity contribution is -0.136. The van der Waals surface area contributed by atoms with Crippen molar-refractivity contribution in [1.29, 1.82) is 0 Å². The van der Waals surface area contributed by atoms with Crippen LogP contribution in [-0.4, -0.2) is 16.9 Å². The van der Waals surface area contributed by atoms with Gasteiger partial charge in [-0.1, -0.05) is 38.1 Å². The van der Waals surface area contributed by atoms with Crippen molar-refractivity contribution in [1.82, 2.24) is 0 Å². The number of benzene rings is 1. The number of hydrogen-bond donors (Lipinski definition) is 1. The van der Waals surface area contributed by atoms with E-state index in [1.165, 1.54) is 6.92 Å². The minimum atomic E-state index is -0.874. The topological polar surface area (TPSA) is 54.4 Å². The van der Waals surface area contributed by atoms with Gasteiger partial charge in [0.25, 0.3) is 0 Å². The van der Waals surface area contributed by atoms with Gasteiger partial charge in [-0.25, -0.2) is 0 Å². The number of carbonyl (C=O) groups is 2. The highest BCUT2D eigenvalue weighted by Gasteiger charge is 2.07. The lowest BCUT2D eigenvalue weighted by Crippen LogP contribution is -2.06. The average Bonchev–Trinajstić information content (AvgIpc) is 2.22. The van der Waals surface area contributed by atoms with Gasteiger partial charge in [-0.15, -0.1) is 0 Å². The summed E-state index contributed by atoms with van der Waals surface area (Å²) in [7, 11) is 0. The van der Waals surface area contributed by atoms with Crippen LogP contribution in [-0.2, 0) is 22.4 Å². The van der Waals surface area contributed by atoms with Crippen molar-refractivity contribution in [2.24, 2.45) is 0 Å². The summed E-state index contributed by atoms with van der Waals surface area (Å²) >= 11 is 0. The largest absolute Gasteiger partial charge is 0.481 e. The molecule has 1 rings (SSSR count). The Morgan fingerprint density at radius 1 is 1.06 bits per heavy atom. The second-order valence-electron chi connectivity index (χ2n) is 3.22. The van der Waals surface area contributed by atoms with Crippen LogP contribution in [0.3, 0.4) is 0 Å². The predicted molar refractivity (Wildman–Crippen MR) is 63.5 cm³/mol. The van der Waals surface area contributed by atoms with Crippen molar-refractivity contribution < 1.29 is 14.7 Å². The summed E-state index contributed by atoms with van der Waals surface area (Å²) in [4.78, 5) is 21.4. The van der Waals surface area contributed by atoms with E-state index in [0.29, 0.717) is 6.42 Å². The average molecular weight is 222 g/mol. The molecule has 0 aromatic heterocycles. The first kappa shape index (κ1) is 14.4. The Bertz CT molecular complexity index is 321. The number of carboxylic acid groups (broad SMARTS) is 1. The fraction of sp³-hybridized carbons (Fsp3) is 0.385. The Balaban J connectivity index is 0.00000106. The minimum absolute atomic E-state index is 0.0244. The fourth-order valence-electron chi connectivity index (χ4n) is 1.33. The van der Waals surface area contributed by atoms with Crippen LogP contribution in [0.5, 0.6) is 0 Å². The van der Waals surface area contributed by atoms with Gasteiger partial charge in [0.05, 0.1) is 6.42 Å². The van der Waals surface area contributed by atoms with Gasteiger partial charge in [0.1, 0.15) is 5.78 Å². The van der Waals surface area contributed by atoms with Gasteiger partial charge in [-0.05, 0) is 18.1 Å². The van der Waals surface area contributed by atoms with Crippen LogP contribution in [0.4, 0.5) is 0 Å². The number of rotatable bonds is 4. The summed E-state index contributed by atoms with van der Waals surface area (Å²) in [5.74, 6) is -0.830. The van der Waals surface area contributed by atoms with Gasteiger partial charge in [0.15, 0.2) is 0 Å². The Hall–Kier alpha value is -1.64. The number of aliphatic carboxylic acids is 1. The maximum atomic E-state index is 10.9. The molecule has 0 heterocycles. The van der Waals surface area contributed by atoms with Gasteiger partial charge in [0.2, 0.25) is 0 Å². The number of hydrogen-bond acceptors (Lipinski definition) is 2. The Morgan fingerprint density at radius 3 is 1.88 bits per heavy atom. The van der Waals surface area contributed by atoms with Crippen LogP contribution in [0.15, 0.2) is 24.3 Å². The number of carboxylic acids is 1. The Kier molecular flexibility index (Phi) is 6.84. The van der Waals surface area contributed by atoms with Crippen LogP contribution in [0.25, 0.3) is 0 Å². The third-order valence-corrected chi connectivity index (χ3v) is 1.90. The van der Waals surface area contributed by atoms with E-state index in [1.54, 1.807) is 18.2 Å². The Morgan fingerprint density at radius 2 is 1.50 bits per heavy atom. The van der Waals surface area contributed by atoms with Gasteiger partial charge in [0, 0.05) is 6.42 Å². The monoisotopic (exact) mass is 222 g/mol. The van der Waals surface area contributed by atoms with Gasteiger partial charge in [-0.3, -0.25) is 9.59 Å². The zero-order chi connectivity index (χ0) is 12.6. The van der Waals surface area contributed by atoms with E-state index >= 15 is 0 Å². The summed E-state index contributed by atoms with van der Waals surface area (Å²) in [6.07, 6.45) is 0.285. The van der Waals surface area contributed by atoms with E-state index in [2.05, 4.69) is 0 Å². The summed E-state index contributed by atoms with van der Waals surface area (Å²) in [5.41, 5.74) is 1.53. The molecule has 0 atom stereocenters. The first-order valence-electron chi connectivity index (χ1n) is 5.37. The lowest BCUT2D eigenvalue weighted by Gasteiger charge is -2.04. The second-order valence-corrected chi connectivity index (χ2v) is 3.22. The Labute approximate surface area is 96.1 Å². The highest BCUT2D eigenvalue weighted by molar-refractivity contribution is 5.79.